The Labute approximate surface area is 113 Å². The number of hydrogen-bond donors (Lipinski definition) is 1. The van der Waals surface area contributed by atoms with Gasteiger partial charge in [-0.2, -0.15) is 0 Å². The number of rotatable bonds is 3. The Bertz CT molecular complexity index is 421. The summed E-state index contributed by atoms with van der Waals surface area (Å²) >= 11 is 11.2. The van der Waals surface area contributed by atoms with E-state index in [1.54, 1.807) is 7.11 Å². The van der Waals surface area contributed by atoms with Crippen molar-refractivity contribution in [3.63, 3.8) is 0 Å². The van der Waals surface area contributed by atoms with E-state index in [2.05, 4.69) is 5.32 Å². The van der Waals surface area contributed by atoms with E-state index >= 15 is 0 Å². The molecule has 17 heavy (non-hydrogen) atoms. The number of hydrogen-bond acceptors (Lipinski definition) is 2. The largest absolute Gasteiger partial charge is 0.495 e. The molecule has 0 aromatic heterocycles. The smallest absolute Gasteiger partial charge is 0.168 e. The molecule has 0 spiro atoms. The Morgan fingerprint density at radius 1 is 1.47 bits per heavy atom. The van der Waals surface area contributed by atoms with Crippen LogP contribution in [0.5, 0.6) is 5.75 Å². The van der Waals surface area contributed by atoms with E-state index in [0.717, 1.165) is 11.1 Å². The molecule has 0 aliphatic carbocycles. The maximum absolute atomic E-state index is 6.08. The quantitative estimate of drug-likeness (QED) is 0.855. The Morgan fingerprint density at radius 2 is 2.12 bits per heavy atom. The van der Waals surface area contributed by atoms with E-state index in [0.29, 0.717) is 22.4 Å². The van der Waals surface area contributed by atoms with Crippen LogP contribution >= 0.6 is 23.8 Å². The summed E-state index contributed by atoms with van der Waals surface area (Å²) in [6.07, 6.45) is 0. The maximum Gasteiger partial charge on any atom is 0.168 e. The molecule has 1 aromatic carbocycles. The Hall–Kier alpha value is -1.00. The van der Waals surface area contributed by atoms with Gasteiger partial charge >= 0.3 is 0 Å². The van der Waals surface area contributed by atoms with E-state index in [9.17, 15) is 0 Å². The van der Waals surface area contributed by atoms with Crippen LogP contribution in [0.15, 0.2) is 12.1 Å². The van der Waals surface area contributed by atoms with Crippen molar-refractivity contribution in [3.05, 3.63) is 28.3 Å². The second-order valence-corrected chi connectivity index (χ2v) is 4.76. The average molecular weight is 273 g/mol. The molecule has 1 aromatic rings. The van der Waals surface area contributed by atoms with Gasteiger partial charge in [-0.1, -0.05) is 11.6 Å². The number of benzene rings is 1. The third-order valence-electron chi connectivity index (χ3n) is 2.45. The number of nitrogens with zero attached hydrogens (tertiary/aromatic N) is 1. The molecule has 0 bridgehead atoms. The maximum atomic E-state index is 6.08. The van der Waals surface area contributed by atoms with E-state index in [-0.39, 0.29) is 0 Å². The van der Waals surface area contributed by atoms with Crippen molar-refractivity contribution in [3.8, 4) is 5.75 Å². The van der Waals surface area contributed by atoms with Crippen LogP contribution in [0.2, 0.25) is 5.02 Å². The lowest BCUT2D eigenvalue weighted by molar-refractivity contribution is 0.414. The Balaban J connectivity index is 2.79. The lowest BCUT2D eigenvalue weighted by Crippen LogP contribution is -2.33. The fraction of sp³-hybridized carbons (Fsp3) is 0.417. The molecule has 0 heterocycles. The van der Waals surface area contributed by atoms with Crippen LogP contribution in [0.3, 0.4) is 0 Å². The summed E-state index contributed by atoms with van der Waals surface area (Å²) in [6.45, 7) is 2.68. The number of ether oxygens (including phenoxy) is 1. The highest BCUT2D eigenvalue weighted by atomic mass is 35.5. The van der Waals surface area contributed by atoms with Crippen LogP contribution in [-0.4, -0.2) is 31.2 Å². The molecule has 5 heteroatoms. The van der Waals surface area contributed by atoms with Gasteiger partial charge in [0.15, 0.2) is 5.11 Å². The number of halogens is 1. The molecule has 94 valence electrons. The molecule has 0 atom stereocenters. The molecule has 0 aliphatic heterocycles. The lowest BCUT2D eigenvalue weighted by Gasteiger charge is -2.17. The summed E-state index contributed by atoms with van der Waals surface area (Å²) in [5, 5.41) is 4.48. The van der Waals surface area contributed by atoms with Gasteiger partial charge in [0.2, 0.25) is 0 Å². The van der Waals surface area contributed by atoms with Crippen molar-refractivity contribution in [2.75, 3.05) is 21.2 Å². The topological polar surface area (TPSA) is 24.5 Å². The first-order valence-corrected chi connectivity index (χ1v) is 6.02. The first-order chi connectivity index (χ1) is 7.95. The minimum absolute atomic E-state index is 0.616. The number of aryl methyl sites for hydroxylation is 1. The predicted molar refractivity (Wildman–Crippen MR) is 75.9 cm³/mol. The third kappa shape index (κ3) is 3.75. The van der Waals surface area contributed by atoms with Crippen LogP contribution in [0.1, 0.15) is 11.1 Å². The van der Waals surface area contributed by atoms with Gasteiger partial charge in [0.1, 0.15) is 5.75 Å². The van der Waals surface area contributed by atoms with Crippen LogP contribution in [0.25, 0.3) is 0 Å². The summed E-state index contributed by atoms with van der Waals surface area (Å²) in [4.78, 5) is 1.86. The SMILES string of the molecule is COc1cc(C)c(CNC(=S)N(C)C)cc1Cl. The lowest BCUT2D eigenvalue weighted by atomic mass is 10.1. The van der Waals surface area contributed by atoms with Crippen LogP contribution < -0.4 is 10.1 Å². The van der Waals surface area contributed by atoms with Gasteiger partial charge in [-0.05, 0) is 42.4 Å². The number of methoxy groups -OCH3 is 1. The van der Waals surface area contributed by atoms with Crippen LogP contribution in [0, 0.1) is 6.92 Å². The molecule has 0 saturated heterocycles. The minimum atomic E-state index is 0.616. The Morgan fingerprint density at radius 3 is 2.65 bits per heavy atom. The van der Waals surface area contributed by atoms with Gasteiger partial charge in [0, 0.05) is 20.6 Å². The highest BCUT2D eigenvalue weighted by Gasteiger charge is 2.07. The highest BCUT2D eigenvalue weighted by Crippen LogP contribution is 2.27. The highest BCUT2D eigenvalue weighted by molar-refractivity contribution is 7.80. The van der Waals surface area contributed by atoms with E-state index in [4.69, 9.17) is 28.6 Å². The molecule has 0 aliphatic rings. The van der Waals surface area contributed by atoms with Crippen molar-refractivity contribution in [1.29, 1.82) is 0 Å². The van der Waals surface area contributed by atoms with Crippen LogP contribution in [0.4, 0.5) is 0 Å². The average Bonchev–Trinajstić information content (AvgIpc) is 2.29. The summed E-state index contributed by atoms with van der Waals surface area (Å²) < 4.78 is 5.16. The molecule has 1 N–H and O–H groups in total. The number of thiocarbonyl (C=S) groups is 1. The molecule has 3 nitrogen and oxygen atoms in total. The molecule has 0 unspecified atom stereocenters. The Kier molecular flexibility index (Phi) is 5.02. The molecule has 0 radical (unpaired) electrons. The van der Waals surface area contributed by atoms with Gasteiger partial charge in [-0.3, -0.25) is 0 Å². The molecular formula is C12H17ClN2OS. The summed E-state index contributed by atoms with van der Waals surface area (Å²) in [6, 6.07) is 3.83. The standard InChI is InChI=1S/C12H17ClN2OS/c1-8-5-11(16-4)10(13)6-9(8)7-14-12(17)15(2)3/h5-6H,7H2,1-4H3,(H,14,17). The van der Waals surface area contributed by atoms with Crippen molar-refractivity contribution >= 4 is 28.9 Å². The summed E-state index contributed by atoms with van der Waals surface area (Å²) in [5.41, 5.74) is 2.24. The van der Waals surface area contributed by atoms with Gasteiger partial charge in [0.05, 0.1) is 12.1 Å². The van der Waals surface area contributed by atoms with Crippen LogP contribution in [-0.2, 0) is 6.54 Å². The van der Waals surface area contributed by atoms with E-state index in [1.807, 2.05) is 38.1 Å². The first-order valence-electron chi connectivity index (χ1n) is 5.24. The van der Waals surface area contributed by atoms with Gasteiger partial charge in [-0.15, -0.1) is 0 Å². The van der Waals surface area contributed by atoms with Crippen molar-refractivity contribution in [2.45, 2.75) is 13.5 Å². The molecule has 0 fully saturated rings. The van der Waals surface area contributed by atoms with Gasteiger partial charge in [0.25, 0.3) is 0 Å². The second-order valence-electron chi connectivity index (χ2n) is 3.97. The molecular weight excluding hydrogens is 256 g/mol. The van der Waals surface area contributed by atoms with Gasteiger partial charge in [-0.25, -0.2) is 0 Å². The van der Waals surface area contributed by atoms with Crippen molar-refractivity contribution in [2.24, 2.45) is 0 Å². The molecule has 0 saturated carbocycles. The normalized spacial score (nSPS) is 9.94. The summed E-state index contributed by atoms with van der Waals surface area (Å²) in [5.74, 6) is 0.697. The predicted octanol–water partition coefficient (Wildman–Crippen LogP) is 2.59. The van der Waals surface area contributed by atoms with Crippen molar-refractivity contribution < 1.29 is 4.74 Å². The van der Waals surface area contributed by atoms with E-state index < -0.39 is 0 Å². The van der Waals surface area contributed by atoms with E-state index in [1.165, 1.54) is 0 Å². The monoisotopic (exact) mass is 272 g/mol. The van der Waals surface area contributed by atoms with Gasteiger partial charge < -0.3 is 15.0 Å². The zero-order valence-corrected chi connectivity index (χ0v) is 12.1. The zero-order chi connectivity index (χ0) is 13.0. The number of nitrogens with one attached hydrogen (secondary N) is 1. The fourth-order valence-electron chi connectivity index (χ4n) is 1.37. The van der Waals surface area contributed by atoms with Crippen molar-refractivity contribution in [1.82, 2.24) is 10.2 Å². The first kappa shape index (κ1) is 14.1. The minimum Gasteiger partial charge on any atom is -0.495 e. The third-order valence-corrected chi connectivity index (χ3v) is 3.25. The molecule has 0 amide bonds. The second kappa shape index (κ2) is 6.07. The zero-order valence-electron chi connectivity index (χ0n) is 10.5. The summed E-state index contributed by atoms with van der Waals surface area (Å²) in [7, 11) is 5.42. The fourth-order valence-corrected chi connectivity index (χ4v) is 1.71. The molecule has 1 rings (SSSR count).